The number of para-hydroxylation sites is 1. The molecule has 0 aromatic heterocycles. The molecule has 0 aliphatic heterocycles. The lowest BCUT2D eigenvalue weighted by atomic mass is 10.0. The van der Waals surface area contributed by atoms with Crippen LogP contribution in [0.5, 0.6) is 5.75 Å². The molecule has 2 rings (SSSR count). The number of likely N-dealkylation sites (N-methyl/N-ethyl adjacent to an activating group) is 1. The van der Waals surface area contributed by atoms with E-state index in [0.717, 1.165) is 11.1 Å². The number of carbonyl (C=O) groups is 3. The zero-order valence-corrected chi connectivity index (χ0v) is 18.5. The van der Waals surface area contributed by atoms with E-state index in [4.69, 9.17) is 9.47 Å². The summed E-state index contributed by atoms with van der Waals surface area (Å²) in [5.74, 6) is -0.823. The van der Waals surface area contributed by atoms with E-state index >= 15 is 0 Å². The molecule has 0 spiro atoms. The third-order valence-electron chi connectivity index (χ3n) is 4.23. The van der Waals surface area contributed by atoms with E-state index in [-0.39, 0.29) is 24.6 Å². The lowest BCUT2D eigenvalue weighted by molar-refractivity contribution is -0.153. The van der Waals surface area contributed by atoms with Crippen molar-refractivity contribution in [1.29, 1.82) is 0 Å². The lowest BCUT2D eigenvalue weighted by Crippen LogP contribution is -2.47. The highest BCUT2D eigenvalue weighted by Crippen LogP contribution is 2.21. The molecule has 31 heavy (non-hydrogen) atoms. The number of rotatable bonds is 9. The third kappa shape index (κ3) is 8.90. The average molecular weight is 427 g/mol. The number of hydrogen-bond donors (Lipinski definition) is 1. The Morgan fingerprint density at radius 2 is 1.58 bits per heavy atom. The first-order chi connectivity index (χ1) is 14.6. The zero-order valence-electron chi connectivity index (χ0n) is 18.5. The molecule has 0 atom stereocenters. The minimum atomic E-state index is -0.657. The van der Waals surface area contributed by atoms with Crippen LogP contribution in [0.4, 0.5) is 0 Å². The molecule has 0 fully saturated rings. The number of benzene rings is 2. The highest BCUT2D eigenvalue weighted by molar-refractivity contribution is 5.86. The monoisotopic (exact) mass is 426 g/mol. The molecule has 0 saturated carbocycles. The van der Waals surface area contributed by atoms with Crippen LogP contribution in [0, 0.1) is 0 Å². The van der Waals surface area contributed by atoms with Gasteiger partial charge in [-0.15, -0.1) is 0 Å². The molecule has 2 amide bonds. The molecule has 166 valence electrons. The van der Waals surface area contributed by atoms with Gasteiger partial charge in [0, 0.05) is 19.0 Å². The maximum atomic E-state index is 12.1. The summed E-state index contributed by atoms with van der Waals surface area (Å²) in [4.78, 5) is 37.2. The van der Waals surface area contributed by atoms with Crippen LogP contribution in [0.15, 0.2) is 54.6 Å². The van der Waals surface area contributed by atoms with E-state index in [1.807, 2.05) is 69.3 Å². The van der Waals surface area contributed by atoms with Gasteiger partial charge in [-0.1, -0.05) is 48.5 Å². The second kappa shape index (κ2) is 11.2. The Hall–Kier alpha value is -3.35. The topological polar surface area (TPSA) is 84.9 Å². The van der Waals surface area contributed by atoms with Gasteiger partial charge >= 0.3 is 5.97 Å². The van der Waals surface area contributed by atoms with Crippen molar-refractivity contribution in [3.63, 3.8) is 0 Å². The fraction of sp³-hybridized carbons (Fsp3) is 0.375. The number of nitrogens with zero attached hydrogens (tertiary/aromatic N) is 1. The van der Waals surface area contributed by atoms with E-state index in [0.29, 0.717) is 12.2 Å². The highest BCUT2D eigenvalue weighted by atomic mass is 16.6. The van der Waals surface area contributed by atoms with Crippen molar-refractivity contribution in [3.8, 4) is 5.75 Å². The lowest BCUT2D eigenvalue weighted by Gasteiger charge is -2.23. The van der Waals surface area contributed by atoms with Gasteiger partial charge in [-0.25, -0.2) is 4.79 Å². The maximum absolute atomic E-state index is 12.1. The summed E-state index contributed by atoms with van der Waals surface area (Å²) < 4.78 is 10.6. The number of nitrogens with one attached hydrogen (secondary N) is 1. The summed E-state index contributed by atoms with van der Waals surface area (Å²) in [6.07, 6.45) is 0.673. The summed E-state index contributed by atoms with van der Waals surface area (Å²) in [5.41, 5.74) is 1.69. The Morgan fingerprint density at radius 3 is 2.26 bits per heavy atom. The zero-order chi connectivity index (χ0) is 22.9. The molecule has 2 aromatic carbocycles. The molecule has 7 nitrogen and oxygen atoms in total. The van der Waals surface area contributed by atoms with Gasteiger partial charge in [0.25, 0.3) is 5.91 Å². The highest BCUT2D eigenvalue weighted by Gasteiger charge is 2.19. The smallest absolute Gasteiger partial charge is 0.344 e. The van der Waals surface area contributed by atoms with Gasteiger partial charge in [-0.2, -0.15) is 0 Å². The van der Waals surface area contributed by atoms with Gasteiger partial charge in [0.1, 0.15) is 5.75 Å². The van der Waals surface area contributed by atoms with E-state index in [2.05, 4.69) is 5.32 Å². The first-order valence-corrected chi connectivity index (χ1v) is 10.1. The maximum Gasteiger partial charge on any atom is 0.344 e. The summed E-state index contributed by atoms with van der Waals surface area (Å²) >= 11 is 0. The third-order valence-corrected chi connectivity index (χ3v) is 4.23. The molecular weight excluding hydrogens is 396 g/mol. The minimum Gasteiger partial charge on any atom is -0.482 e. The Bertz CT molecular complexity index is 890. The first-order valence-electron chi connectivity index (χ1n) is 10.1. The van der Waals surface area contributed by atoms with E-state index in [1.165, 1.54) is 11.9 Å². The molecule has 0 aliphatic rings. The van der Waals surface area contributed by atoms with E-state index in [9.17, 15) is 14.4 Å². The van der Waals surface area contributed by atoms with E-state index in [1.54, 1.807) is 6.07 Å². The molecule has 0 saturated heterocycles. The summed E-state index contributed by atoms with van der Waals surface area (Å²) in [6, 6.07) is 17.4. The molecular formula is C24H30N2O5. The van der Waals surface area contributed by atoms with Crippen LogP contribution >= 0.6 is 0 Å². The standard InChI is InChI=1S/C24H30N2O5/c1-24(2,3)25-21(27)15-26(4)22(28)16-31-23(29)17-30-20-13-9-8-12-19(20)14-18-10-6-5-7-11-18/h5-13H,14-17H2,1-4H3,(H,25,27). The molecule has 2 aromatic rings. The van der Waals surface area contributed by atoms with Crippen LogP contribution in [0.1, 0.15) is 31.9 Å². The quantitative estimate of drug-likeness (QED) is 0.623. The number of esters is 1. The number of hydrogen-bond acceptors (Lipinski definition) is 5. The van der Waals surface area contributed by atoms with Crippen LogP contribution in [0.25, 0.3) is 0 Å². The van der Waals surface area contributed by atoms with Crippen LogP contribution < -0.4 is 10.1 Å². The van der Waals surface area contributed by atoms with Crippen molar-refractivity contribution in [2.45, 2.75) is 32.7 Å². The number of carbonyl (C=O) groups excluding carboxylic acids is 3. The average Bonchev–Trinajstić information content (AvgIpc) is 2.70. The SMILES string of the molecule is CN(CC(=O)NC(C)(C)C)C(=O)COC(=O)COc1ccccc1Cc1ccccc1. The number of amides is 2. The van der Waals surface area contributed by atoms with Crippen molar-refractivity contribution in [2.24, 2.45) is 0 Å². The predicted molar refractivity (Wildman–Crippen MR) is 118 cm³/mol. The Balaban J connectivity index is 1.79. The van der Waals surface area contributed by atoms with Gasteiger partial charge in [-0.3, -0.25) is 9.59 Å². The molecule has 0 radical (unpaired) electrons. The molecule has 0 bridgehead atoms. The van der Waals surface area contributed by atoms with Crippen LogP contribution in [0.3, 0.4) is 0 Å². The van der Waals surface area contributed by atoms with Crippen molar-refractivity contribution < 1.29 is 23.9 Å². The van der Waals surface area contributed by atoms with Crippen molar-refractivity contribution in [2.75, 3.05) is 26.8 Å². The second-order valence-corrected chi connectivity index (χ2v) is 8.27. The van der Waals surface area contributed by atoms with Gasteiger partial charge in [0.15, 0.2) is 13.2 Å². The van der Waals surface area contributed by atoms with Gasteiger partial charge < -0.3 is 19.7 Å². The van der Waals surface area contributed by atoms with Gasteiger partial charge in [-0.05, 0) is 38.0 Å². The molecule has 0 unspecified atom stereocenters. The molecule has 0 aliphatic carbocycles. The summed E-state index contributed by atoms with van der Waals surface area (Å²) in [6.45, 7) is 4.68. The number of ether oxygens (including phenoxy) is 2. The van der Waals surface area contributed by atoms with Crippen LogP contribution in [0.2, 0.25) is 0 Å². The largest absolute Gasteiger partial charge is 0.482 e. The Morgan fingerprint density at radius 1 is 0.935 bits per heavy atom. The van der Waals surface area contributed by atoms with Crippen molar-refractivity contribution in [3.05, 3.63) is 65.7 Å². The fourth-order valence-corrected chi connectivity index (χ4v) is 2.80. The van der Waals surface area contributed by atoms with Crippen LogP contribution in [-0.4, -0.2) is 55.0 Å². The second-order valence-electron chi connectivity index (χ2n) is 8.27. The van der Waals surface area contributed by atoms with Gasteiger partial charge in [0.05, 0.1) is 6.54 Å². The fourth-order valence-electron chi connectivity index (χ4n) is 2.80. The van der Waals surface area contributed by atoms with Crippen LogP contribution in [-0.2, 0) is 25.5 Å². The van der Waals surface area contributed by atoms with Crippen molar-refractivity contribution >= 4 is 17.8 Å². The first kappa shape index (κ1) is 23.9. The summed E-state index contributed by atoms with van der Waals surface area (Å²) in [7, 11) is 1.48. The van der Waals surface area contributed by atoms with Crippen molar-refractivity contribution in [1.82, 2.24) is 10.2 Å². The predicted octanol–water partition coefficient (Wildman–Crippen LogP) is 2.57. The molecule has 1 N–H and O–H groups in total. The normalized spacial score (nSPS) is 10.8. The summed E-state index contributed by atoms with van der Waals surface area (Å²) in [5, 5.41) is 2.77. The van der Waals surface area contributed by atoms with E-state index < -0.39 is 18.5 Å². The molecule has 0 heterocycles. The Labute approximate surface area is 183 Å². The Kier molecular flexibility index (Phi) is 8.61. The van der Waals surface area contributed by atoms with Gasteiger partial charge in [0.2, 0.25) is 5.91 Å². The minimum absolute atomic E-state index is 0.114. The molecule has 7 heteroatoms.